The number of nitrogens with one attached hydrogen (secondary N) is 5. The van der Waals surface area contributed by atoms with E-state index in [0.29, 0.717) is 57.9 Å². The van der Waals surface area contributed by atoms with Crippen LogP contribution in [-0.2, 0) is 46.3 Å². The van der Waals surface area contributed by atoms with Crippen molar-refractivity contribution in [2.45, 2.75) is 109 Å². The van der Waals surface area contributed by atoms with Crippen molar-refractivity contribution in [3.63, 3.8) is 0 Å². The standard InChI is InChI=1S/C45H63N7O7/c1-7-8-19-39(53)50-51-41(45(6)30-59-45)36(26-31(2)3)47-44(57)38(28-34-17-13-10-14-18-34)49-43(56)37(27-32(4)5)48-42(55)35(21-20-33-15-11-9-12-16-33)46-40(54)29-52-22-24-58-25-23-52/h1,9-18,31-32,35-38H,8,19-30H2,2-6H3,(H,46,54)(H,47,57)(H,48,55)(H,49,56)(H,50,53)/t35-,36-,37-,38-,45+/m0/s1. The summed E-state index contributed by atoms with van der Waals surface area (Å²) in [5.41, 5.74) is 4.06. The van der Waals surface area contributed by atoms with Crippen LogP contribution < -0.4 is 26.7 Å². The van der Waals surface area contributed by atoms with Gasteiger partial charge in [0.15, 0.2) is 0 Å². The number of carbonyl (C=O) groups is 5. The molecule has 2 aliphatic rings. The van der Waals surface area contributed by atoms with Crippen molar-refractivity contribution in [1.29, 1.82) is 0 Å². The number of epoxide rings is 1. The minimum Gasteiger partial charge on any atom is -0.379 e. The maximum Gasteiger partial charge on any atom is 0.243 e. The van der Waals surface area contributed by atoms with Gasteiger partial charge in [0, 0.05) is 32.4 Å². The molecule has 2 saturated heterocycles. The number of morpholine rings is 1. The van der Waals surface area contributed by atoms with E-state index in [1.165, 1.54) is 0 Å². The number of carbonyl (C=O) groups excluding carboxylic acids is 5. The zero-order valence-electron chi connectivity index (χ0n) is 35.3. The van der Waals surface area contributed by atoms with Gasteiger partial charge in [0.2, 0.25) is 29.5 Å². The largest absolute Gasteiger partial charge is 0.379 e. The van der Waals surface area contributed by atoms with E-state index in [-0.39, 0.29) is 55.9 Å². The third-order valence-electron chi connectivity index (χ3n) is 10.2. The van der Waals surface area contributed by atoms with E-state index in [1.54, 1.807) is 0 Å². The lowest BCUT2D eigenvalue weighted by Gasteiger charge is -2.29. The number of aryl methyl sites for hydroxylation is 1. The molecule has 5 amide bonds. The molecule has 4 rings (SSSR count). The minimum atomic E-state index is -1.05. The van der Waals surface area contributed by atoms with Crippen LogP contribution >= 0.6 is 0 Å². The van der Waals surface area contributed by atoms with Crippen LogP contribution in [0.15, 0.2) is 65.8 Å². The van der Waals surface area contributed by atoms with Gasteiger partial charge in [-0.05, 0) is 55.6 Å². The lowest BCUT2D eigenvalue weighted by atomic mass is 9.92. The van der Waals surface area contributed by atoms with Crippen molar-refractivity contribution in [3.05, 3.63) is 71.8 Å². The third kappa shape index (κ3) is 16.2. The molecule has 320 valence electrons. The SMILES string of the molecule is C#CCCC(=O)NN=C([C@H](CC(C)C)NC(=O)[C@H](Cc1ccccc1)NC(=O)[C@H](CC(C)C)NC(=O)[C@H](CCc1ccccc1)NC(=O)CN1CCOCC1)[C@@]1(C)CO1. The summed E-state index contributed by atoms with van der Waals surface area (Å²) in [5.74, 6) is 0.431. The molecule has 5 N–H and O–H groups in total. The van der Waals surface area contributed by atoms with E-state index < -0.39 is 47.5 Å². The first-order chi connectivity index (χ1) is 28.3. The van der Waals surface area contributed by atoms with Gasteiger partial charge in [0.25, 0.3) is 0 Å². The summed E-state index contributed by atoms with van der Waals surface area (Å²) in [5, 5.41) is 16.4. The Morgan fingerprint density at radius 2 is 1.31 bits per heavy atom. The Hall–Kier alpha value is -5.10. The predicted octanol–water partition coefficient (Wildman–Crippen LogP) is 2.90. The fraction of sp³-hybridized carbons (Fsp3) is 0.556. The van der Waals surface area contributed by atoms with Crippen LogP contribution in [-0.4, -0.2) is 109 Å². The molecule has 2 fully saturated rings. The quantitative estimate of drug-likeness (QED) is 0.0492. The van der Waals surface area contributed by atoms with E-state index in [1.807, 2.05) is 100 Å². The second-order valence-electron chi connectivity index (χ2n) is 16.4. The summed E-state index contributed by atoms with van der Waals surface area (Å²) in [6, 6.07) is 15.4. The zero-order valence-corrected chi connectivity index (χ0v) is 35.3. The summed E-state index contributed by atoms with van der Waals surface area (Å²) in [6.07, 6.45) is 7.46. The number of ether oxygens (including phenoxy) is 2. The lowest BCUT2D eigenvalue weighted by Crippen LogP contribution is -2.59. The molecule has 0 unspecified atom stereocenters. The molecule has 14 heteroatoms. The minimum absolute atomic E-state index is 0.00421. The number of hydrazone groups is 1. The molecule has 2 heterocycles. The summed E-state index contributed by atoms with van der Waals surface area (Å²) < 4.78 is 11.2. The maximum absolute atomic E-state index is 14.4. The summed E-state index contributed by atoms with van der Waals surface area (Å²) >= 11 is 0. The average Bonchev–Trinajstić information content (AvgIpc) is 3.96. The molecule has 5 atom stereocenters. The molecule has 0 spiro atoms. The van der Waals surface area contributed by atoms with Gasteiger partial charge in [-0.25, -0.2) is 5.43 Å². The second kappa shape index (κ2) is 23.5. The van der Waals surface area contributed by atoms with Gasteiger partial charge in [-0.15, -0.1) is 12.3 Å². The molecule has 0 aromatic heterocycles. The number of hydrogen-bond donors (Lipinski definition) is 5. The molecule has 0 aliphatic carbocycles. The predicted molar refractivity (Wildman–Crippen MR) is 227 cm³/mol. The van der Waals surface area contributed by atoms with Gasteiger partial charge < -0.3 is 30.7 Å². The van der Waals surface area contributed by atoms with Gasteiger partial charge in [-0.2, -0.15) is 5.10 Å². The van der Waals surface area contributed by atoms with Crippen molar-refractivity contribution in [2.75, 3.05) is 39.5 Å². The van der Waals surface area contributed by atoms with Gasteiger partial charge >= 0.3 is 0 Å². The van der Waals surface area contributed by atoms with Crippen LogP contribution in [0.25, 0.3) is 0 Å². The monoisotopic (exact) mass is 813 g/mol. The Bertz CT molecular complexity index is 1750. The molecule has 0 saturated carbocycles. The van der Waals surface area contributed by atoms with E-state index >= 15 is 0 Å². The second-order valence-corrected chi connectivity index (χ2v) is 16.4. The van der Waals surface area contributed by atoms with Crippen molar-refractivity contribution in [2.24, 2.45) is 16.9 Å². The fourth-order valence-electron chi connectivity index (χ4n) is 6.90. The smallest absolute Gasteiger partial charge is 0.243 e. The van der Waals surface area contributed by atoms with Crippen molar-refractivity contribution >= 4 is 35.2 Å². The number of nitrogens with zero attached hydrogens (tertiary/aromatic N) is 2. The molecule has 0 radical (unpaired) electrons. The molecule has 0 bridgehead atoms. The van der Waals surface area contributed by atoms with Gasteiger partial charge in [0.05, 0.1) is 38.1 Å². The molecule has 14 nitrogen and oxygen atoms in total. The zero-order chi connectivity index (χ0) is 42.8. The van der Waals surface area contributed by atoms with E-state index in [2.05, 4.69) is 37.7 Å². The molecule has 59 heavy (non-hydrogen) atoms. The summed E-state index contributed by atoms with van der Waals surface area (Å²) in [4.78, 5) is 70.6. The number of benzene rings is 2. The lowest BCUT2D eigenvalue weighted by molar-refractivity contribution is -0.134. The van der Waals surface area contributed by atoms with Gasteiger partial charge in [-0.1, -0.05) is 88.4 Å². The van der Waals surface area contributed by atoms with Crippen LogP contribution in [0.5, 0.6) is 0 Å². The molecule has 2 aromatic rings. The Morgan fingerprint density at radius 3 is 1.90 bits per heavy atom. The topological polar surface area (TPSA) is 183 Å². The van der Waals surface area contributed by atoms with Crippen molar-refractivity contribution in [3.8, 4) is 12.3 Å². The summed E-state index contributed by atoms with van der Waals surface area (Å²) in [7, 11) is 0. The maximum atomic E-state index is 14.4. The van der Waals surface area contributed by atoms with E-state index in [0.717, 1.165) is 11.1 Å². The first kappa shape index (κ1) is 46.6. The number of amides is 5. The Kier molecular flexibility index (Phi) is 18.5. The molecule has 2 aliphatic heterocycles. The Morgan fingerprint density at radius 1 is 0.763 bits per heavy atom. The number of hydrogen-bond acceptors (Lipinski definition) is 9. The van der Waals surface area contributed by atoms with Crippen molar-refractivity contribution < 1.29 is 33.4 Å². The number of rotatable bonds is 23. The molecular weight excluding hydrogens is 751 g/mol. The highest BCUT2D eigenvalue weighted by Crippen LogP contribution is 2.31. The fourth-order valence-corrected chi connectivity index (χ4v) is 6.90. The first-order valence-corrected chi connectivity index (χ1v) is 20.8. The van der Waals surface area contributed by atoms with Gasteiger partial charge in [-0.3, -0.25) is 28.9 Å². The van der Waals surface area contributed by atoms with Crippen LogP contribution in [0.4, 0.5) is 0 Å². The molecule has 2 aromatic carbocycles. The summed E-state index contributed by atoms with van der Waals surface area (Å²) in [6.45, 7) is 12.5. The van der Waals surface area contributed by atoms with E-state index in [4.69, 9.17) is 15.9 Å². The Balaban J connectivity index is 1.56. The van der Waals surface area contributed by atoms with Crippen LogP contribution in [0.3, 0.4) is 0 Å². The highest BCUT2D eigenvalue weighted by molar-refractivity contribution is 6.02. The number of terminal acetylenes is 1. The van der Waals surface area contributed by atoms with Crippen LogP contribution in [0.2, 0.25) is 0 Å². The Labute approximate surface area is 349 Å². The first-order valence-electron chi connectivity index (χ1n) is 20.8. The molecular formula is C45H63N7O7. The van der Waals surface area contributed by atoms with E-state index in [9.17, 15) is 24.0 Å². The van der Waals surface area contributed by atoms with Crippen molar-refractivity contribution in [1.82, 2.24) is 31.6 Å². The van der Waals surface area contributed by atoms with Crippen LogP contribution in [0, 0.1) is 24.2 Å². The van der Waals surface area contributed by atoms with Crippen LogP contribution in [0.1, 0.15) is 77.8 Å². The normalized spacial score (nSPS) is 18.8. The third-order valence-corrected chi connectivity index (χ3v) is 10.2. The average molecular weight is 814 g/mol. The highest BCUT2D eigenvalue weighted by atomic mass is 16.6. The van der Waals surface area contributed by atoms with Gasteiger partial charge in [0.1, 0.15) is 23.7 Å². The highest BCUT2D eigenvalue weighted by Gasteiger charge is 2.49.